The lowest BCUT2D eigenvalue weighted by atomic mass is 9.88. The summed E-state index contributed by atoms with van der Waals surface area (Å²) in [6.07, 6.45) is 0.901. The number of amides is 1. The van der Waals surface area contributed by atoms with E-state index in [0.29, 0.717) is 6.54 Å². The van der Waals surface area contributed by atoms with Crippen molar-refractivity contribution in [3.63, 3.8) is 0 Å². The van der Waals surface area contributed by atoms with Gasteiger partial charge in [-0.25, -0.2) is 0 Å². The highest BCUT2D eigenvalue weighted by Gasteiger charge is 2.38. The minimum Gasteiger partial charge on any atom is -0.361 e. The Labute approximate surface area is 108 Å². The molecule has 1 aliphatic rings. The largest absolute Gasteiger partial charge is 0.361 e. The Morgan fingerprint density at radius 3 is 2.78 bits per heavy atom. The van der Waals surface area contributed by atoms with E-state index in [1.54, 1.807) is 4.90 Å². The zero-order chi connectivity index (χ0) is 13.3. The molecule has 0 saturated carbocycles. The van der Waals surface area contributed by atoms with Gasteiger partial charge >= 0.3 is 0 Å². The van der Waals surface area contributed by atoms with Gasteiger partial charge in [0.2, 0.25) is 5.91 Å². The summed E-state index contributed by atoms with van der Waals surface area (Å²) < 4.78 is 5.13. The fourth-order valence-electron chi connectivity index (χ4n) is 2.50. The van der Waals surface area contributed by atoms with E-state index in [4.69, 9.17) is 4.52 Å². The first-order valence-corrected chi connectivity index (χ1v) is 6.32. The van der Waals surface area contributed by atoms with Crippen LogP contribution in [0.3, 0.4) is 0 Å². The van der Waals surface area contributed by atoms with Gasteiger partial charge in [-0.2, -0.15) is 0 Å². The van der Waals surface area contributed by atoms with Gasteiger partial charge in [0.05, 0.1) is 17.7 Å². The van der Waals surface area contributed by atoms with Crippen LogP contribution in [0, 0.1) is 19.3 Å². The average Bonchev–Trinajstić information content (AvgIpc) is 2.90. The lowest BCUT2D eigenvalue weighted by Crippen LogP contribution is -2.41. The smallest absolute Gasteiger partial charge is 0.229 e. The zero-order valence-electron chi connectivity index (χ0n) is 11.5. The second kappa shape index (κ2) is 4.72. The van der Waals surface area contributed by atoms with Crippen molar-refractivity contribution in [1.82, 2.24) is 15.4 Å². The summed E-state index contributed by atoms with van der Waals surface area (Å²) >= 11 is 0. The van der Waals surface area contributed by atoms with E-state index in [1.807, 2.05) is 27.8 Å². The molecule has 0 aromatic carbocycles. The highest BCUT2D eigenvalue weighted by atomic mass is 16.5. The molecule has 0 radical (unpaired) electrons. The Hall–Kier alpha value is -1.36. The van der Waals surface area contributed by atoms with Gasteiger partial charge < -0.3 is 14.7 Å². The van der Waals surface area contributed by atoms with Crippen LogP contribution in [0.15, 0.2) is 4.52 Å². The van der Waals surface area contributed by atoms with Gasteiger partial charge in [0.1, 0.15) is 5.76 Å². The maximum atomic E-state index is 12.5. The fraction of sp³-hybridized carbons (Fsp3) is 0.692. The van der Waals surface area contributed by atoms with Gasteiger partial charge in [0.15, 0.2) is 0 Å². The third-order valence-corrected chi connectivity index (χ3v) is 3.81. The molecule has 0 aliphatic carbocycles. The number of carbonyl (C=O) groups excluding carboxylic acids is 1. The maximum absolute atomic E-state index is 12.5. The molecule has 1 aromatic heterocycles. The molecule has 2 rings (SSSR count). The van der Waals surface area contributed by atoms with E-state index in [2.05, 4.69) is 10.5 Å². The van der Waals surface area contributed by atoms with Gasteiger partial charge in [-0.3, -0.25) is 4.79 Å². The van der Waals surface area contributed by atoms with Crippen molar-refractivity contribution in [3.8, 4) is 0 Å². The van der Waals surface area contributed by atoms with Crippen LogP contribution in [-0.2, 0) is 11.3 Å². The number of aromatic nitrogens is 1. The summed E-state index contributed by atoms with van der Waals surface area (Å²) in [6.45, 7) is 8.06. The van der Waals surface area contributed by atoms with Crippen LogP contribution >= 0.6 is 0 Å². The summed E-state index contributed by atoms with van der Waals surface area (Å²) in [5.74, 6) is 0.981. The molecule has 100 valence electrons. The van der Waals surface area contributed by atoms with Crippen molar-refractivity contribution in [3.05, 3.63) is 17.0 Å². The van der Waals surface area contributed by atoms with E-state index in [-0.39, 0.29) is 11.3 Å². The van der Waals surface area contributed by atoms with Crippen molar-refractivity contribution in [1.29, 1.82) is 0 Å². The van der Waals surface area contributed by atoms with Gasteiger partial charge in [0, 0.05) is 19.2 Å². The normalized spacial score (nSPS) is 23.3. The monoisotopic (exact) mass is 251 g/mol. The number of nitrogens with zero attached hydrogens (tertiary/aromatic N) is 2. The van der Waals surface area contributed by atoms with Crippen molar-refractivity contribution < 1.29 is 9.32 Å². The summed E-state index contributed by atoms with van der Waals surface area (Å²) in [6, 6.07) is 0. The van der Waals surface area contributed by atoms with Gasteiger partial charge in [-0.15, -0.1) is 0 Å². The number of nitrogens with one attached hydrogen (secondary N) is 1. The van der Waals surface area contributed by atoms with Crippen LogP contribution < -0.4 is 5.32 Å². The summed E-state index contributed by atoms with van der Waals surface area (Å²) in [5.41, 5.74) is 1.61. The van der Waals surface area contributed by atoms with Crippen LogP contribution in [0.2, 0.25) is 0 Å². The SMILES string of the molecule is Cc1noc(C)c1CN(C)C(=O)[C@]1(C)CCNC1. The maximum Gasteiger partial charge on any atom is 0.229 e. The molecule has 0 unspecified atom stereocenters. The van der Waals surface area contributed by atoms with E-state index in [0.717, 1.165) is 36.5 Å². The quantitative estimate of drug-likeness (QED) is 0.878. The first-order valence-electron chi connectivity index (χ1n) is 6.32. The van der Waals surface area contributed by atoms with Gasteiger partial charge in [-0.1, -0.05) is 5.16 Å². The average molecular weight is 251 g/mol. The minimum atomic E-state index is -0.270. The van der Waals surface area contributed by atoms with E-state index >= 15 is 0 Å². The molecule has 1 aromatic rings. The van der Waals surface area contributed by atoms with Crippen LogP contribution in [0.1, 0.15) is 30.4 Å². The molecule has 1 atom stereocenters. The van der Waals surface area contributed by atoms with Crippen LogP contribution in [0.25, 0.3) is 0 Å². The lowest BCUT2D eigenvalue weighted by molar-refractivity contribution is -0.139. The molecule has 1 N–H and O–H groups in total. The Balaban J connectivity index is 2.08. The summed E-state index contributed by atoms with van der Waals surface area (Å²) in [4.78, 5) is 14.2. The molecule has 2 heterocycles. The van der Waals surface area contributed by atoms with E-state index < -0.39 is 0 Å². The second-order valence-electron chi connectivity index (χ2n) is 5.45. The molecule has 0 spiro atoms. The summed E-state index contributed by atoms with van der Waals surface area (Å²) in [7, 11) is 1.85. The molecule has 1 saturated heterocycles. The fourth-order valence-corrected chi connectivity index (χ4v) is 2.50. The Bertz CT molecular complexity index is 428. The lowest BCUT2D eigenvalue weighted by Gasteiger charge is -2.28. The van der Waals surface area contributed by atoms with E-state index in [9.17, 15) is 4.79 Å². The van der Waals surface area contributed by atoms with Crippen molar-refractivity contribution in [2.75, 3.05) is 20.1 Å². The third kappa shape index (κ3) is 2.27. The highest BCUT2D eigenvalue weighted by molar-refractivity contribution is 5.82. The molecule has 5 nitrogen and oxygen atoms in total. The van der Waals surface area contributed by atoms with Gasteiger partial charge in [0.25, 0.3) is 0 Å². The molecule has 1 aliphatic heterocycles. The molecular formula is C13H21N3O2. The molecule has 0 bridgehead atoms. The Morgan fingerprint density at radius 2 is 2.28 bits per heavy atom. The summed E-state index contributed by atoms with van der Waals surface area (Å²) in [5, 5.41) is 7.17. The zero-order valence-corrected chi connectivity index (χ0v) is 11.5. The standard InChI is InChI=1S/C13H21N3O2/c1-9-11(10(2)18-15-9)7-16(4)12(17)13(3)5-6-14-8-13/h14H,5-8H2,1-4H3/t13-/m1/s1. The van der Waals surface area contributed by atoms with Crippen LogP contribution in [0.5, 0.6) is 0 Å². The number of carbonyl (C=O) groups is 1. The van der Waals surface area contributed by atoms with Gasteiger partial charge in [-0.05, 0) is 33.7 Å². The van der Waals surface area contributed by atoms with E-state index in [1.165, 1.54) is 0 Å². The first-order chi connectivity index (χ1) is 8.44. The minimum absolute atomic E-state index is 0.188. The van der Waals surface area contributed by atoms with Crippen molar-refractivity contribution in [2.24, 2.45) is 5.41 Å². The number of rotatable bonds is 3. The second-order valence-corrected chi connectivity index (χ2v) is 5.45. The first kappa shape index (κ1) is 13.1. The predicted octanol–water partition coefficient (Wildman–Crippen LogP) is 1.25. The predicted molar refractivity (Wildman–Crippen MR) is 68.0 cm³/mol. The Morgan fingerprint density at radius 1 is 1.56 bits per heavy atom. The topological polar surface area (TPSA) is 58.4 Å². The molecule has 1 amide bonds. The van der Waals surface area contributed by atoms with Crippen LogP contribution in [-0.4, -0.2) is 36.1 Å². The molecular weight excluding hydrogens is 230 g/mol. The third-order valence-electron chi connectivity index (χ3n) is 3.81. The molecule has 5 heteroatoms. The van der Waals surface area contributed by atoms with Crippen molar-refractivity contribution >= 4 is 5.91 Å². The number of hydrogen-bond donors (Lipinski definition) is 1. The van der Waals surface area contributed by atoms with Crippen molar-refractivity contribution in [2.45, 2.75) is 33.7 Å². The number of aryl methyl sites for hydroxylation is 2. The molecule has 1 fully saturated rings. The Kier molecular flexibility index (Phi) is 3.43. The highest BCUT2D eigenvalue weighted by Crippen LogP contribution is 2.27. The van der Waals surface area contributed by atoms with Crippen LogP contribution in [0.4, 0.5) is 0 Å². The number of hydrogen-bond acceptors (Lipinski definition) is 4. The molecule has 18 heavy (non-hydrogen) atoms.